The minimum Gasteiger partial charge on any atom is -0.375 e. The van der Waals surface area contributed by atoms with Gasteiger partial charge in [-0.1, -0.05) is 30.3 Å². The number of nitrogens with zero attached hydrogens (tertiary/aromatic N) is 1. The van der Waals surface area contributed by atoms with Gasteiger partial charge in [-0.3, -0.25) is 10.1 Å². The van der Waals surface area contributed by atoms with E-state index in [0.717, 1.165) is 11.1 Å². The van der Waals surface area contributed by atoms with Crippen molar-refractivity contribution in [1.29, 1.82) is 0 Å². The van der Waals surface area contributed by atoms with Gasteiger partial charge < -0.3 is 5.32 Å². The second-order valence-electron chi connectivity index (χ2n) is 4.56. The molecule has 0 fully saturated rings. The molecular formula is C15H16N2O2. The third-order valence-electron chi connectivity index (χ3n) is 3.08. The molecule has 98 valence electrons. The van der Waals surface area contributed by atoms with Crippen LogP contribution in [-0.4, -0.2) is 4.92 Å². The lowest BCUT2D eigenvalue weighted by Crippen LogP contribution is -2.04. The van der Waals surface area contributed by atoms with E-state index < -0.39 is 0 Å². The molecule has 2 aromatic carbocycles. The standard InChI is InChI=1S/C15H16N2O2/c1-11-7-8-15(17(18)19)14(9-11)16-10-13-6-4-3-5-12(13)2/h3-9,16H,10H2,1-2H3. The summed E-state index contributed by atoms with van der Waals surface area (Å²) in [7, 11) is 0. The van der Waals surface area contributed by atoms with Crippen molar-refractivity contribution in [3.05, 3.63) is 69.3 Å². The normalized spacial score (nSPS) is 10.2. The molecule has 0 aliphatic carbocycles. The molecule has 0 atom stereocenters. The molecule has 19 heavy (non-hydrogen) atoms. The van der Waals surface area contributed by atoms with E-state index in [1.165, 1.54) is 11.6 Å². The van der Waals surface area contributed by atoms with Gasteiger partial charge in [0.05, 0.1) is 4.92 Å². The van der Waals surface area contributed by atoms with Gasteiger partial charge in [0.25, 0.3) is 5.69 Å². The number of rotatable bonds is 4. The molecule has 4 heteroatoms. The lowest BCUT2D eigenvalue weighted by molar-refractivity contribution is -0.384. The van der Waals surface area contributed by atoms with E-state index in [4.69, 9.17) is 0 Å². The van der Waals surface area contributed by atoms with E-state index in [9.17, 15) is 10.1 Å². The Hall–Kier alpha value is -2.36. The summed E-state index contributed by atoms with van der Waals surface area (Å²) in [6, 6.07) is 13.1. The summed E-state index contributed by atoms with van der Waals surface area (Å²) < 4.78 is 0. The fraction of sp³-hybridized carbons (Fsp3) is 0.200. The minimum atomic E-state index is -0.361. The lowest BCUT2D eigenvalue weighted by atomic mass is 10.1. The van der Waals surface area contributed by atoms with Crippen LogP contribution in [0.1, 0.15) is 16.7 Å². The molecule has 0 unspecified atom stereocenters. The predicted molar refractivity (Wildman–Crippen MR) is 76.3 cm³/mol. The van der Waals surface area contributed by atoms with Crippen molar-refractivity contribution in [2.24, 2.45) is 0 Å². The van der Waals surface area contributed by atoms with E-state index in [1.54, 1.807) is 12.1 Å². The van der Waals surface area contributed by atoms with Gasteiger partial charge >= 0.3 is 0 Å². The Balaban J connectivity index is 2.22. The fourth-order valence-corrected chi connectivity index (χ4v) is 1.95. The van der Waals surface area contributed by atoms with Gasteiger partial charge in [-0.25, -0.2) is 0 Å². The van der Waals surface area contributed by atoms with E-state index in [-0.39, 0.29) is 10.6 Å². The van der Waals surface area contributed by atoms with Crippen molar-refractivity contribution in [2.45, 2.75) is 20.4 Å². The van der Waals surface area contributed by atoms with E-state index in [1.807, 2.05) is 38.1 Å². The summed E-state index contributed by atoms with van der Waals surface area (Å²) in [4.78, 5) is 10.6. The topological polar surface area (TPSA) is 55.2 Å². The smallest absolute Gasteiger partial charge is 0.292 e. The van der Waals surface area contributed by atoms with Gasteiger partial charge in [-0.05, 0) is 36.6 Å². The highest BCUT2D eigenvalue weighted by molar-refractivity contribution is 5.62. The first-order valence-electron chi connectivity index (χ1n) is 6.11. The monoisotopic (exact) mass is 256 g/mol. The number of hydrogen-bond donors (Lipinski definition) is 1. The molecule has 0 saturated heterocycles. The van der Waals surface area contributed by atoms with Crippen molar-refractivity contribution in [2.75, 3.05) is 5.32 Å². The number of nitro benzene ring substituents is 1. The first kappa shape index (κ1) is 13.1. The van der Waals surface area contributed by atoms with Crippen LogP contribution >= 0.6 is 0 Å². The predicted octanol–water partition coefficient (Wildman–Crippen LogP) is 3.82. The molecule has 0 radical (unpaired) electrons. The molecule has 0 spiro atoms. The van der Waals surface area contributed by atoms with Crippen LogP contribution in [0.5, 0.6) is 0 Å². The van der Waals surface area contributed by atoms with E-state index in [2.05, 4.69) is 5.32 Å². The molecule has 0 aliphatic rings. The summed E-state index contributed by atoms with van der Waals surface area (Å²) >= 11 is 0. The maximum atomic E-state index is 11.0. The number of nitrogens with one attached hydrogen (secondary N) is 1. The minimum absolute atomic E-state index is 0.110. The van der Waals surface area contributed by atoms with Crippen LogP contribution in [0.25, 0.3) is 0 Å². The number of nitro groups is 1. The molecule has 0 aliphatic heterocycles. The van der Waals surface area contributed by atoms with Crippen LogP contribution in [0.15, 0.2) is 42.5 Å². The largest absolute Gasteiger partial charge is 0.375 e. The number of benzene rings is 2. The molecule has 4 nitrogen and oxygen atoms in total. The highest BCUT2D eigenvalue weighted by Crippen LogP contribution is 2.26. The molecule has 2 rings (SSSR count). The zero-order valence-corrected chi connectivity index (χ0v) is 11.0. The summed E-state index contributed by atoms with van der Waals surface area (Å²) in [5.41, 5.74) is 3.98. The molecule has 0 amide bonds. The quantitative estimate of drug-likeness (QED) is 0.668. The Bertz CT molecular complexity index is 609. The molecule has 0 saturated carbocycles. The lowest BCUT2D eigenvalue weighted by Gasteiger charge is -2.10. The summed E-state index contributed by atoms with van der Waals surface area (Å²) in [6.07, 6.45) is 0. The second kappa shape index (κ2) is 5.52. The van der Waals surface area contributed by atoms with Gasteiger partial charge in [0.1, 0.15) is 5.69 Å². The molecular weight excluding hydrogens is 240 g/mol. The Kier molecular flexibility index (Phi) is 3.80. The third kappa shape index (κ3) is 3.10. The fourth-order valence-electron chi connectivity index (χ4n) is 1.95. The van der Waals surface area contributed by atoms with Crippen LogP contribution in [-0.2, 0) is 6.54 Å². The SMILES string of the molecule is Cc1ccc([N+](=O)[O-])c(NCc2ccccc2C)c1. The number of hydrogen-bond acceptors (Lipinski definition) is 3. The Labute approximate surface area is 112 Å². The summed E-state index contributed by atoms with van der Waals surface area (Å²) in [5, 5.41) is 14.1. The second-order valence-corrected chi connectivity index (χ2v) is 4.56. The van der Waals surface area contributed by atoms with Crippen LogP contribution in [0.4, 0.5) is 11.4 Å². The summed E-state index contributed by atoms with van der Waals surface area (Å²) in [5.74, 6) is 0. The van der Waals surface area contributed by atoms with Crippen LogP contribution in [0, 0.1) is 24.0 Å². The van der Waals surface area contributed by atoms with Gasteiger partial charge in [-0.2, -0.15) is 0 Å². The zero-order valence-electron chi connectivity index (χ0n) is 11.0. The molecule has 0 bridgehead atoms. The third-order valence-corrected chi connectivity index (χ3v) is 3.08. The van der Waals surface area contributed by atoms with Gasteiger partial charge in [0.15, 0.2) is 0 Å². The molecule has 0 aromatic heterocycles. The maximum Gasteiger partial charge on any atom is 0.292 e. The van der Waals surface area contributed by atoms with Gasteiger partial charge in [0.2, 0.25) is 0 Å². The first-order valence-corrected chi connectivity index (χ1v) is 6.11. The first-order chi connectivity index (χ1) is 9.08. The molecule has 2 aromatic rings. The van der Waals surface area contributed by atoms with Crippen LogP contribution in [0.3, 0.4) is 0 Å². The Morgan fingerprint density at radius 2 is 1.89 bits per heavy atom. The van der Waals surface area contributed by atoms with Crippen molar-refractivity contribution in [3.63, 3.8) is 0 Å². The maximum absolute atomic E-state index is 11.0. The van der Waals surface area contributed by atoms with E-state index >= 15 is 0 Å². The zero-order chi connectivity index (χ0) is 13.8. The Morgan fingerprint density at radius 3 is 2.58 bits per heavy atom. The Morgan fingerprint density at radius 1 is 1.16 bits per heavy atom. The van der Waals surface area contributed by atoms with Crippen molar-refractivity contribution >= 4 is 11.4 Å². The molecule has 1 N–H and O–H groups in total. The van der Waals surface area contributed by atoms with E-state index in [0.29, 0.717) is 12.2 Å². The van der Waals surface area contributed by atoms with Gasteiger partial charge in [-0.15, -0.1) is 0 Å². The highest BCUT2D eigenvalue weighted by Gasteiger charge is 2.13. The van der Waals surface area contributed by atoms with Crippen molar-refractivity contribution < 1.29 is 4.92 Å². The average molecular weight is 256 g/mol. The van der Waals surface area contributed by atoms with Crippen molar-refractivity contribution in [1.82, 2.24) is 0 Å². The molecule has 0 heterocycles. The number of aryl methyl sites for hydroxylation is 2. The highest BCUT2D eigenvalue weighted by atomic mass is 16.6. The average Bonchev–Trinajstić information content (AvgIpc) is 2.37. The number of anilines is 1. The summed E-state index contributed by atoms with van der Waals surface area (Å²) in [6.45, 7) is 4.53. The van der Waals surface area contributed by atoms with Crippen LogP contribution < -0.4 is 5.32 Å². The van der Waals surface area contributed by atoms with Crippen LogP contribution in [0.2, 0.25) is 0 Å². The van der Waals surface area contributed by atoms with Gasteiger partial charge in [0, 0.05) is 12.6 Å². The van der Waals surface area contributed by atoms with Crippen molar-refractivity contribution in [3.8, 4) is 0 Å².